The molecule has 3 aliphatic rings. The molecule has 7 nitrogen and oxygen atoms in total. The second kappa shape index (κ2) is 17.8. The van der Waals surface area contributed by atoms with E-state index in [4.69, 9.17) is 24.2 Å². The Bertz CT molecular complexity index is 2100. The standard InChI is InChI=1S/C49H59NO6S/c1-7-26-53-49-45(57-39-22-19-34-14-8-9-15-35(34)28-39)31-43(50-56-48(4,5)6)41-29-36(16-10-12-24-51)40(17-11-13-25-52)46(47(41)49)42-30-38(21-23-44(42)55-49)54-37-20-18-32(2)33(3)27-37/h7-9,14-15,18-23,27-30,36,40,45-47,51-52H,1,10-13,16-17,24-26,31H2,2-6H3. The molecule has 0 radical (unpaired) electrons. The molecule has 1 fully saturated rings. The SMILES string of the molecule is C=CCOC12Oc3ccc(Oc4ccc(C)c(C)c4)cc3C3C(CCCCO)C(CCCCO)C=C(C(=NOC(C)(C)C)CC1Sc1ccc4ccccc4c1)C32. The number of hydrogen-bond acceptors (Lipinski definition) is 8. The fourth-order valence-corrected chi connectivity index (χ4v) is 10.3. The van der Waals surface area contributed by atoms with Crippen LogP contribution in [0.15, 0.2) is 113 Å². The number of rotatable bonds is 16. The van der Waals surface area contributed by atoms with Gasteiger partial charge in [0.25, 0.3) is 0 Å². The molecular weight excluding hydrogens is 731 g/mol. The highest BCUT2D eigenvalue weighted by Gasteiger charge is 2.64. The highest BCUT2D eigenvalue weighted by molar-refractivity contribution is 8.00. The van der Waals surface area contributed by atoms with E-state index < -0.39 is 11.4 Å². The van der Waals surface area contributed by atoms with E-state index in [1.54, 1.807) is 11.8 Å². The molecule has 8 heteroatoms. The topological polar surface area (TPSA) is 89.7 Å². The van der Waals surface area contributed by atoms with E-state index in [-0.39, 0.29) is 42.1 Å². The predicted molar refractivity (Wildman–Crippen MR) is 232 cm³/mol. The van der Waals surface area contributed by atoms with Crippen molar-refractivity contribution in [2.24, 2.45) is 22.9 Å². The van der Waals surface area contributed by atoms with E-state index in [1.165, 1.54) is 21.9 Å². The number of aryl methyl sites for hydroxylation is 2. The minimum atomic E-state index is -1.07. The lowest BCUT2D eigenvalue weighted by atomic mass is 9.56. The van der Waals surface area contributed by atoms with Crippen LogP contribution in [0.4, 0.5) is 0 Å². The quantitative estimate of drug-likeness (QED) is 0.0664. The molecule has 4 aromatic carbocycles. The number of aliphatic hydroxyl groups is 2. The number of ether oxygens (including phenoxy) is 3. The van der Waals surface area contributed by atoms with Crippen LogP contribution in [0.3, 0.4) is 0 Å². The molecule has 57 heavy (non-hydrogen) atoms. The van der Waals surface area contributed by atoms with Crippen molar-refractivity contribution in [1.29, 1.82) is 0 Å². The Morgan fingerprint density at radius 2 is 1.61 bits per heavy atom. The molecule has 4 aromatic rings. The number of nitrogens with zero attached hydrogens (tertiary/aromatic N) is 1. The van der Waals surface area contributed by atoms with Gasteiger partial charge < -0.3 is 29.3 Å². The number of hydrogen-bond donors (Lipinski definition) is 2. The maximum Gasteiger partial charge on any atom is 0.231 e. The Labute approximate surface area is 343 Å². The molecule has 1 heterocycles. The van der Waals surface area contributed by atoms with Crippen LogP contribution in [0.2, 0.25) is 0 Å². The molecule has 6 unspecified atom stereocenters. The molecule has 0 bridgehead atoms. The largest absolute Gasteiger partial charge is 0.460 e. The van der Waals surface area contributed by atoms with Gasteiger partial charge in [-0.05, 0) is 142 Å². The van der Waals surface area contributed by atoms with Crippen molar-refractivity contribution in [1.82, 2.24) is 0 Å². The molecule has 2 N–H and O–H groups in total. The number of benzene rings is 4. The van der Waals surface area contributed by atoms with Gasteiger partial charge in [0.15, 0.2) is 0 Å². The van der Waals surface area contributed by atoms with Crippen LogP contribution in [0.5, 0.6) is 17.2 Å². The number of oxime groups is 1. The zero-order valence-corrected chi connectivity index (χ0v) is 35.0. The van der Waals surface area contributed by atoms with Gasteiger partial charge in [-0.1, -0.05) is 66.5 Å². The Balaban J connectivity index is 1.43. The van der Waals surface area contributed by atoms with E-state index in [0.29, 0.717) is 13.0 Å². The fraction of sp³-hybridized carbons (Fsp3) is 0.449. The number of allylic oxidation sites excluding steroid dienone is 1. The van der Waals surface area contributed by atoms with Crippen LogP contribution in [0.25, 0.3) is 10.8 Å². The van der Waals surface area contributed by atoms with Crippen molar-refractivity contribution >= 4 is 28.2 Å². The van der Waals surface area contributed by atoms with Gasteiger partial charge in [-0.15, -0.1) is 18.3 Å². The number of fused-ring (bicyclic) bond motifs is 3. The maximum absolute atomic E-state index is 9.97. The second-order valence-electron chi connectivity index (χ2n) is 16.9. The molecule has 2 aliphatic carbocycles. The van der Waals surface area contributed by atoms with E-state index in [1.807, 2.05) is 39.0 Å². The first-order valence-corrected chi connectivity index (χ1v) is 21.6. The molecule has 1 aliphatic heterocycles. The molecule has 6 atom stereocenters. The van der Waals surface area contributed by atoms with Crippen molar-refractivity contribution < 1.29 is 29.3 Å². The normalized spacial score (nSPS) is 24.6. The van der Waals surface area contributed by atoms with Crippen molar-refractivity contribution in [3.8, 4) is 17.2 Å². The summed E-state index contributed by atoms with van der Waals surface area (Å²) in [5.74, 6) is 1.41. The Kier molecular flexibility index (Phi) is 12.8. The van der Waals surface area contributed by atoms with Crippen LogP contribution in [-0.4, -0.2) is 52.4 Å². The molecule has 7 rings (SSSR count). The lowest BCUT2D eigenvalue weighted by Gasteiger charge is -2.58. The Hall–Kier alpha value is -4.08. The summed E-state index contributed by atoms with van der Waals surface area (Å²) in [4.78, 5) is 7.41. The first-order chi connectivity index (χ1) is 27.5. The van der Waals surface area contributed by atoms with E-state index in [9.17, 15) is 10.2 Å². The summed E-state index contributed by atoms with van der Waals surface area (Å²) >= 11 is 1.78. The van der Waals surface area contributed by atoms with Gasteiger partial charge in [-0.3, -0.25) is 0 Å². The van der Waals surface area contributed by atoms with Crippen LogP contribution < -0.4 is 9.47 Å². The highest BCUT2D eigenvalue weighted by atomic mass is 32.2. The average Bonchev–Trinajstić information content (AvgIpc) is 3.19. The average molecular weight is 790 g/mol. The van der Waals surface area contributed by atoms with E-state index in [2.05, 4.69) is 93.2 Å². The number of unbranched alkanes of at least 4 members (excludes halogenated alkanes) is 2. The molecule has 0 aromatic heterocycles. The van der Waals surface area contributed by atoms with Crippen LogP contribution in [-0.2, 0) is 9.57 Å². The monoisotopic (exact) mass is 789 g/mol. The van der Waals surface area contributed by atoms with Gasteiger partial charge in [0.2, 0.25) is 5.79 Å². The van der Waals surface area contributed by atoms with Crippen molar-refractivity contribution in [2.45, 2.75) is 107 Å². The predicted octanol–water partition coefficient (Wildman–Crippen LogP) is 11.5. The number of aliphatic hydroxyl groups excluding tert-OH is 2. The molecule has 0 saturated heterocycles. The fourth-order valence-electron chi connectivity index (χ4n) is 9.00. The van der Waals surface area contributed by atoms with E-state index >= 15 is 0 Å². The second-order valence-corrected chi connectivity index (χ2v) is 18.2. The zero-order chi connectivity index (χ0) is 40.2. The first kappa shape index (κ1) is 41.1. The number of thioether (sulfide) groups is 1. The summed E-state index contributed by atoms with van der Waals surface area (Å²) in [6, 6.07) is 27.6. The summed E-state index contributed by atoms with van der Waals surface area (Å²) in [5, 5.41) is 27.0. The first-order valence-electron chi connectivity index (χ1n) is 20.7. The van der Waals surface area contributed by atoms with Crippen molar-refractivity contribution in [2.75, 3.05) is 19.8 Å². The smallest absolute Gasteiger partial charge is 0.231 e. The third-order valence-electron chi connectivity index (χ3n) is 11.8. The van der Waals surface area contributed by atoms with Crippen LogP contribution in [0, 0.1) is 31.6 Å². The summed E-state index contributed by atoms with van der Waals surface area (Å²) in [5.41, 5.74) is 5.04. The van der Waals surface area contributed by atoms with E-state index in [0.717, 1.165) is 77.5 Å². The van der Waals surface area contributed by atoms with Gasteiger partial charge >= 0.3 is 0 Å². The minimum absolute atomic E-state index is 0.0282. The molecular formula is C49H59NO6S. The van der Waals surface area contributed by atoms with Crippen molar-refractivity contribution in [3.63, 3.8) is 0 Å². The van der Waals surface area contributed by atoms with Gasteiger partial charge in [0, 0.05) is 36.0 Å². The lowest BCUT2D eigenvalue weighted by Crippen LogP contribution is -2.64. The van der Waals surface area contributed by atoms with Crippen LogP contribution >= 0.6 is 11.8 Å². The third-order valence-corrected chi connectivity index (χ3v) is 13.1. The summed E-state index contributed by atoms with van der Waals surface area (Å²) in [7, 11) is 0. The van der Waals surface area contributed by atoms with Crippen molar-refractivity contribution in [3.05, 3.63) is 120 Å². The minimum Gasteiger partial charge on any atom is -0.460 e. The highest BCUT2D eigenvalue weighted by Crippen LogP contribution is 2.63. The van der Waals surface area contributed by atoms with Gasteiger partial charge in [0.05, 0.1) is 23.5 Å². The molecule has 0 spiro atoms. The summed E-state index contributed by atoms with van der Waals surface area (Å²) in [6.45, 7) is 15.0. The molecule has 0 amide bonds. The Morgan fingerprint density at radius 1 is 0.877 bits per heavy atom. The van der Waals surface area contributed by atoms with Crippen LogP contribution in [0.1, 0.15) is 88.3 Å². The van der Waals surface area contributed by atoms with Gasteiger partial charge in [0.1, 0.15) is 22.8 Å². The molecule has 302 valence electrons. The summed E-state index contributed by atoms with van der Waals surface area (Å²) < 4.78 is 21.2. The maximum atomic E-state index is 9.97. The third kappa shape index (κ3) is 9.00. The van der Waals surface area contributed by atoms with Gasteiger partial charge in [-0.2, -0.15) is 0 Å². The summed E-state index contributed by atoms with van der Waals surface area (Å²) in [6.07, 6.45) is 9.95. The van der Waals surface area contributed by atoms with Gasteiger partial charge in [-0.25, -0.2) is 0 Å². The zero-order valence-electron chi connectivity index (χ0n) is 34.2. The molecule has 1 saturated carbocycles. The lowest BCUT2D eigenvalue weighted by molar-refractivity contribution is -0.223. The Morgan fingerprint density at radius 3 is 2.35 bits per heavy atom.